The van der Waals surface area contributed by atoms with E-state index in [0.717, 1.165) is 42.8 Å². The molecule has 0 spiro atoms. The number of benzene rings is 1. The van der Waals surface area contributed by atoms with Gasteiger partial charge >= 0.3 is 0 Å². The van der Waals surface area contributed by atoms with E-state index in [0.29, 0.717) is 19.3 Å². The van der Waals surface area contributed by atoms with Crippen LogP contribution >= 0.6 is 11.3 Å². The van der Waals surface area contributed by atoms with Crippen LogP contribution in [0.25, 0.3) is 0 Å². The second kappa shape index (κ2) is 6.37. The molecule has 1 atom stereocenters. The minimum absolute atomic E-state index is 0.371. The Morgan fingerprint density at radius 1 is 1.13 bits per heavy atom. The molecule has 1 aromatic carbocycles. The van der Waals surface area contributed by atoms with Crippen LogP contribution in [0.5, 0.6) is 11.5 Å². The summed E-state index contributed by atoms with van der Waals surface area (Å²) in [6.45, 7) is 7.63. The van der Waals surface area contributed by atoms with Crippen molar-refractivity contribution in [1.82, 2.24) is 9.88 Å². The predicted octanol–water partition coefficient (Wildman–Crippen LogP) is 2.60. The summed E-state index contributed by atoms with van der Waals surface area (Å²) in [5.41, 5.74) is 1.28. The normalized spacial score (nSPS) is 19.6. The molecular formula is C17H20N3O2S. The third-order valence-corrected chi connectivity index (χ3v) is 5.33. The Hall–Kier alpha value is -1.79. The molecule has 121 valence electrons. The number of thiazole rings is 1. The Balaban J connectivity index is 1.42. The van der Waals surface area contributed by atoms with Gasteiger partial charge in [-0.15, -0.1) is 0 Å². The van der Waals surface area contributed by atoms with Gasteiger partial charge in [-0.3, -0.25) is 4.90 Å². The molecule has 1 saturated heterocycles. The van der Waals surface area contributed by atoms with Crippen LogP contribution in [0, 0.1) is 5.38 Å². The third-order valence-electron chi connectivity index (χ3n) is 4.56. The quantitative estimate of drug-likeness (QED) is 0.865. The Labute approximate surface area is 140 Å². The number of ether oxygens (including phenoxy) is 2. The molecule has 0 saturated carbocycles. The van der Waals surface area contributed by atoms with Crippen LogP contribution in [-0.2, 0) is 0 Å². The number of rotatable bonds is 3. The number of anilines is 1. The zero-order valence-electron chi connectivity index (χ0n) is 13.2. The standard InChI is InChI=1S/C17H20N3O2S/c1-13(14-2-3-15-16(12-14)22-10-9-21-15)19-5-7-20(8-6-19)17-18-4-11-23-17/h2-4,12-13H,5-10H2,1H3. The fourth-order valence-corrected chi connectivity index (χ4v) is 3.79. The van der Waals surface area contributed by atoms with Crippen LogP contribution in [0.15, 0.2) is 24.4 Å². The maximum atomic E-state index is 5.71. The number of aromatic nitrogens is 1. The predicted molar refractivity (Wildman–Crippen MR) is 90.6 cm³/mol. The maximum Gasteiger partial charge on any atom is 0.185 e. The molecule has 2 aromatic rings. The molecule has 0 bridgehead atoms. The monoisotopic (exact) mass is 330 g/mol. The van der Waals surface area contributed by atoms with Crippen molar-refractivity contribution in [3.05, 3.63) is 35.3 Å². The topological polar surface area (TPSA) is 37.8 Å². The van der Waals surface area contributed by atoms with Gasteiger partial charge in [-0.1, -0.05) is 17.4 Å². The molecule has 23 heavy (non-hydrogen) atoms. The fourth-order valence-electron chi connectivity index (χ4n) is 3.16. The van der Waals surface area contributed by atoms with Crippen molar-refractivity contribution >= 4 is 16.5 Å². The smallest absolute Gasteiger partial charge is 0.185 e. The van der Waals surface area contributed by atoms with Crippen molar-refractivity contribution in [2.45, 2.75) is 13.0 Å². The molecule has 2 aliphatic heterocycles. The minimum atomic E-state index is 0.371. The highest BCUT2D eigenvalue weighted by atomic mass is 32.1. The highest BCUT2D eigenvalue weighted by Gasteiger charge is 2.24. The first-order chi connectivity index (χ1) is 11.3. The summed E-state index contributed by atoms with van der Waals surface area (Å²) in [7, 11) is 0. The second-order valence-electron chi connectivity index (χ2n) is 5.86. The zero-order chi connectivity index (χ0) is 15.6. The molecule has 3 heterocycles. The lowest BCUT2D eigenvalue weighted by Gasteiger charge is -2.38. The van der Waals surface area contributed by atoms with Gasteiger partial charge in [-0.2, -0.15) is 0 Å². The largest absolute Gasteiger partial charge is 0.486 e. The molecule has 1 unspecified atom stereocenters. The lowest BCUT2D eigenvalue weighted by Crippen LogP contribution is -2.47. The number of hydrogen-bond donors (Lipinski definition) is 0. The number of piperazine rings is 1. The summed E-state index contributed by atoms with van der Waals surface area (Å²) in [6.07, 6.45) is 1.75. The first kappa shape index (κ1) is 14.8. The molecule has 4 rings (SSSR count). The molecule has 5 nitrogen and oxygen atoms in total. The van der Waals surface area contributed by atoms with Crippen LogP contribution < -0.4 is 14.4 Å². The SMILES string of the molecule is CC(c1ccc2c(c1)OCCO2)N1CCN(c2nc[c]s2)CC1. The van der Waals surface area contributed by atoms with E-state index in [1.807, 2.05) is 6.07 Å². The van der Waals surface area contributed by atoms with Crippen LogP contribution in [0.1, 0.15) is 18.5 Å². The summed E-state index contributed by atoms with van der Waals surface area (Å²) in [4.78, 5) is 9.21. The van der Waals surface area contributed by atoms with E-state index >= 15 is 0 Å². The Morgan fingerprint density at radius 3 is 2.65 bits per heavy atom. The third kappa shape index (κ3) is 3.01. The van der Waals surface area contributed by atoms with Gasteiger partial charge in [0.2, 0.25) is 0 Å². The first-order valence-electron chi connectivity index (χ1n) is 8.02. The van der Waals surface area contributed by atoms with Crippen LogP contribution in [0.4, 0.5) is 5.13 Å². The number of hydrogen-bond acceptors (Lipinski definition) is 6. The van der Waals surface area contributed by atoms with Gasteiger partial charge in [0.25, 0.3) is 0 Å². The summed E-state index contributed by atoms with van der Waals surface area (Å²) in [5, 5.41) is 4.15. The van der Waals surface area contributed by atoms with Crippen LogP contribution in [-0.4, -0.2) is 49.3 Å². The number of nitrogens with zero attached hydrogens (tertiary/aromatic N) is 3. The van der Waals surface area contributed by atoms with Crippen molar-refractivity contribution in [3.8, 4) is 11.5 Å². The van der Waals surface area contributed by atoms with Crippen LogP contribution in [0.2, 0.25) is 0 Å². The summed E-state index contributed by atoms with van der Waals surface area (Å²) < 4.78 is 11.3. The van der Waals surface area contributed by atoms with E-state index in [1.54, 1.807) is 17.5 Å². The van der Waals surface area contributed by atoms with Gasteiger partial charge in [0.1, 0.15) is 13.2 Å². The summed E-state index contributed by atoms with van der Waals surface area (Å²) >= 11 is 1.59. The lowest BCUT2D eigenvalue weighted by atomic mass is 10.1. The Morgan fingerprint density at radius 2 is 1.91 bits per heavy atom. The highest BCUT2D eigenvalue weighted by molar-refractivity contribution is 7.13. The molecule has 6 heteroatoms. The number of fused-ring (bicyclic) bond motifs is 1. The summed E-state index contributed by atoms with van der Waals surface area (Å²) in [6, 6.07) is 6.68. The maximum absolute atomic E-state index is 5.71. The molecule has 1 fully saturated rings. The molecule has 1 aromatic heterocycles. The van der Waals surface area contributed by atoms with Gasteiger partial charge in [0, 0.05) is 38.4 Å². The minimum Gasteiger partial charge on any atom is -0.486 e. The molecule has 0 amide bonds. The Kier molecular flexibility index (Phi) is 4.10. The average molecular weight is 330 g/mol. The average Bonchev–Trinajstić information content (AvgIpc) is 3.15. The van der Waals surface area contributed by atoms with Gasteiger partial charge in [0.05, 0.1) is 5.38 Å². The van der Waals surface area contributed by atoms with Gasteiger partial charge in [-0.05, 0) is 24.6 Å². The van der Waals surface area contributed by atoms with E-state index < -0.39 is 0 Å². The van der Waals surface area contributed by atoms with Crippen molar-refractivity contribution in [1.29, 1.82) is 0 Å². The lowest BCUT2D eigenvalue weighted by molar-refractivity contribution is 0.169. The molecule has 0 N–H and O–H groups in total. The van der Waals surface area contributed by atoms with Crippen molar-refractivity contribution < 1.29 is 9.47 Å². The molecule has 0 aliphatic carbocycles. The van der Waals surface area contributed by atoms with E-state index in [1.165, 1.54) is 5.56 Å². The Bertz CT molecular complexity index is 654. The molecule has 1 radical (unpaired) electrons. The van der Waals surface area contributed by atoms with Crippen molar-refractivity contribution in [3.63, 3.8) is 0 Å². The van der Waals surface area contributed by atoms with Gasteiger partial charge in [0.15, 0.2) is 16.6 Å². The van der Waals surface area contributed by atoms with E-state index in [4.69, 9.17) is 9.47 Å². The zero-order valence-corrected chi connectivity index (χ0v) is 14.0. The molecule has 2 aliphatic rings. The fraction of sp³-hybridized carbons (Fsp3) is 0.471. The van der Waals surface area contributed by atoms with Crippen molar-refractivity contribution in [2.24, 2.45) is 0 Å². The second-order valence-corrected chi connectivity index (χ2v) is 6.67. The van der Waals surface area contributed by atoms with Crippen LogP contribution in [0.3, 0.4) is 0 Å². The van der Waals surface area contributed by atoms with E-state index in [-0.39, 0.29) is 0 Å². The van der Waals surface area contributed by atoms with Crippen molar-refractivity contribution in [2.75, 3.05) is 44.3 Å². The first-order valence-corrected chi connectivity index (χ1v) is 8.83. The van der Waals surface area contributed by atoms with E-state index in [2.05, 4.69) is 39.2 Å². The van der Waals surface area contributed by atoms with Gasteiger partial charge in [-0.25, -0.2) is 4.98 Å². The van der Waals surface area contributed by atoms with E-state index in [9.17, 15) is 0 Å². The van der Waals surface area contributed by atoms with Gasteiger partial charge < -0.3 is 14.4 Å². The molecular weight excluding hydrogens is 310 g/mol. The summed E-state index contributed by atoms with van der Waals surface area (Å²) in [5.74, 6) is 1.73. The highest BCUT2D eigenvalue weighted by Crippen LogP contribution is 2.34.